The van der Waals surface area contributed by atoms with Crippen LogP contribution in [-0.2, 0) is 14.8 Å². The number of unbranched alkanes of at least 4 members (excludes halogenated alkanes) is 1. The molecule has 264 valence electrons. The van der Waals surface area contributed by atoms with Crippen LogP contribution in [0.5, 0.6) is 5.75 Å². The van der Waals surface area contributed by atoms with Gasteiger partial charge in [-0.2, -0.15) is 4.98 Å². The topological polar surface area (TPSA) is 144 Å². The summed E-state index contributed by atoms with van der Waals surface area (Å²) >= 11 is 3.05. The Balaban J connectivity index is 1.24. The Hall–Kier alpha value is -3.37. The molecule has 0 atom stereocenters. The summed E-state index contributed by atoms with van der Waals surface area (Å²) < 4.78 is 76.4. The number of aromatic nitrogens is 2. The molecular weight excluding hydrogens is 717 g/mol. The van der Waals surface area contributed by atoms with E-state index in [0.29, 0.717) is 37.3 Å². The zero-order valence-electron chi connectivity index (χ0n) is 27.1. The molecule has 1 fully saturated rings. The molecule has 1 aliphatic rings. The molecule has 1 saturated carbocycles. The average Bonchev–Trinajstić information content (AvgIpc) is 2.99. The van der Waals surface area contributed by atoms with Crippen molar-refractivity contribution in [2.75, 3.05) is 36.8 Å². The second kappa shape index (κ2) is 16.4. The molecule has 1 aliphatic carbocycles. The SMILES string of the molecule is CC(C)(C)OC(=O)NCCCCNc1nc(NC[C@H]2CC[C@H](CNS(=O)(=O)c3ccc(Br)cc3OC(F)(F)F)CC2)nc2ccccc12. The fourth-order valence-corrected chi connectivity index (χ4v) is 6.90. The number of anilines is 2. The number of halogens is 4. The van der Waals surface area contributed by atoms with Crippen molar-refractivity contribution in [2.24, 2.45) is 11.8 Å². The number of rotatable bonds is 14. The summed E-state index contributed by atoms with van der Waals surface area (Å²) in [6.07, 6.45) is -0.683. The van der Waals surface area contributed by atoms with Crippen LogP contribution in [0.25, 0.3) is 10.9 Å². The van der Waals surface area contributed by atoms with Crippen LogP contribution < -0.4 is 25.4 Å². The van der Waals surface area contributed by atoms with E-state index < -0.39 is 38.7 Å². The molecule has 1 heterocycles. The standard InChI is InChI=1S/C32H42BrF3N6O5S/c1-31(2,3)47-30(43)38-17-7-6-16-37-28-24-8-4-5-9-25(24)41-29(42-28)39-19-21-10-12-22(13-11-21)20-40-48(44,45)27-15-14-23(33)18-26(27)46-32(34,35)36/h4-5,8-9,14-15,18,21-22,40H,6-7,10-13,16-17,19-20H2,1-3H3,(H,38,43)(H2,37,39,41,42)/t21-,22-. The van der Waals surface area contributed by atoms with Gasteiger partial charge in [0.25, 0.3) is 0 Å². The van der Waals surface area contributed by atoms with Crippen LogP contribution in [0.2, 0.25) is 0 Å². The van der Waals surface area contributed by atoms with Crippen LogP contribution in [0.15, 0.2) is 51.8 Å². The number of nitrogens with zero attached hydrogens (tertiary/aromatic N) is 2. The van der Waals surface area contributed by atoms with Gasteiger partial charge in [-0.25, -0.2) is 22.9 Å². The molecule has 0 spiro atoms. The highest BCUT2D eigenvalue weighted by Crippen LogP contribution is 2.33. The Bertz CT molecular complexity index is 1650. The summed E-state index contributed by atoms with van der Waals surface area (Å²) in [6.45, 7) is 7.38. The van der Waals surface area contributed by atoms with E-state index in [1.807, 2.05) is 45.0 Å². The Labute approximate surface area is 287 Å². The summed E-state index contributed by atoms with van der Waals surface area (Å²) in [7, 11) is -4.23. The van der Waals surface area contributed by atoms with E-state index in [4.69, 9.17) is 9.72 Å². The lowest BCUT2D eigenvalue weighted by Crippen LogP contribution is -2.33. The number of carbonyl (C=O) groups excluding carboxylic acids is 1. The van der Waals surface area contributed by atoms with Gasteiger partial charge in [0, 0.05) is 36.0 Å². The molecule has 11 nitrogen and oxygen atoms in total. The first-order chi connectivity index (χ1) is 22.6. The molecule has 2 aromatic carbocycles. The minimum atomic E-state index is -5.03. The van der Waals surface area contributed by atoms with Crippen LogP contribution in [0.1, 0.15) is 59.3 Å². The zero-order valence-corrected chi connectivity index (χ0v) is 29.5. The molecule has 3 aromatic rings. The second-order valence-electron chi connectivity index (χ2n) is 12.7. The first-order valence-corrected chi connectivity index (χ1v) is 18.1. The second-order valence-corrected chi connectivity index (χ2v) is 15.4. The fourth-order valence-electron chi connectivity index (χ4n) is 5.34. The summed E-state index contributed by atoms with van der Waals surface area (Å²) in [5, 5.41) is 10.4. The van der Waals surface area contributed by atoms with Crippen LogP contribution in [-0.4, -0.2) is 62.6 Å². The van der Waals surface area contributed by atoms with Crippen LogP contribution >= 0.6 is 15.9 Å². The molecule has 0 bridgehead atoms. The van der Waals surface area contributed by atoms with Gasteiger partial charge in [0.05, 0.1) is 5.52 Å². The number of carbonyl (C=O) groups is 1. The highest BCUT2D eigenvalue weighted by atomic mass is 79.9. The van der Waals surface area contributed by atoms with Crippen molar-refractivity contribution in [1.29, 1.82) is 0 Å². The third-order valence-electron chi connectivity index (χ3n) is 7.67. The van der Waals surface area contributed by atoms with Gasteiger partial charge in [0.2, 0.25) is 16.0 Å². The number of fused-ring (bicyclic) bond motifs is 1. The predicted molar refractivity (Wildman–Crippen MR) is 181 cm³/mol. The maximum absolute atomic E-state index is 12.9. The summed E-state index contributed by atoms with van der Waals surface area (Å²) in [6, 6.07) is 11.1. The summed E-state index contributed by atoms with van der Waals surface area (Å²) in [4.78, 5) is 20.7. The number of ether oxygens (including phenoxy) is 2. The van der Waals surface area contributed by atoms with E-state index in [1.54, 1.807) is 0 Å². The minimum absolute atomic E-state index is 0.0468. The number of nitrogens with one attached hydrogen (secondary N) is 4. The number of alkyl carbamates (subject to hydrolysis) is 1. The van der Waals surface area contributed by atoms with Crippen molar-refractivity contribution in [2.45, 2.75) is 76.2 Å². The minimum Gasteiger partial charge on any atom is -0.444 e. The van der Waals surface area contributed by atoms with E-state index in [0.717, 1.165) is 61.6 Å². The number of para-hydroxylation sites is 1. The Kier molecular flexibility index (Phi) is 12.8. The largest absolute Gasteiger partial charge is 0.573 e. The van der Waals surface area contributed by atoms with E-state index in [-0.39, 0.29) is 16.9 Å². The van der Waals surface area contributed by atoms with Crippen LogP contribution in [0.4, 0.5) is 29.7 Å². The number of hydrogen-bond donors (Lipinski definition) is 4. The van der Waals surface area contributed by atoms with E-state index in [1.165, 1.54) is 6.07 Å². The van der Waals surface area contributed by atoms with E-state index >= 15 is 0 Å². The van der Waals surface area contributed by atoms with Crippen molar-refractivity contribution in [3.05, 3.63) is 46.9 Å². The number of amides is 1. The van der Waals surface area contributed by atoms with E-state index in [9.17, 15) is 26.4 Å². The predicted octanol–water partition coefficient (Wildman–Crippen LogP) is 7.20. The highest BCUT2D eigenvalue weighted by molar-refractivity contribution is 9.10. The van der Waals surface area contributed by atoms with Crippen LogP contribution in [0, 0.1) is 11.8 Å². The number of sulfonamides is 1. The zero-order chi connectivity index (χ0) is 35.0. The lowest BCUT2D eigenvalue weighted by atomic mass is 9.82. The number of benzene rings is 2. The highest BCUT2D eigenvalue weighted by Gasteiger charge is 2.34. The molecule has 4 rings (SSSR count). The van der Waals surface area contributed by atoms with Crippen molar-refractivity contribution in [3.8, 4) is 5.75 Å². The molecule has 0 radical (unpaired) electrons. The quantitative estimate of drug-likeness (QED) is 0.126. The normalized spacial score (nSPS) is 17.1. The molecule has 0 unspecified atom stereocenters. The van der Waals surface area contributed by atoms with Gasteiger partial charge in [-0.05, 0) is 101 Å². The molecule has 0 aliphatic heterocycles. The maximum Gasteiger partial charge on any atom is 0.573 e. The molecule has 0 saturated heterocycles. The van der Waals surface area contributed by atoms with Gasteiger partial charge in [-0.3, -0.25) is 0 Å². The van der Waals surface area contributed by atoms with Gasteiger partial charge in [0.15, 0.2) is 5.75 Å². The molecule has 16 heteroatoms. The van der Waals surface area contributed by atoms with Crippen molar-refractivity contribution < 1.29 is 35.9 Å². The first kappa shape index (κ1) is 37.4. The molecule has 4 N–H and O–H groups in total. The average molecular weight is 760 g/mol. The first-order valence-electron chi connectivity index (χ1n) is 15.8. The van der Waals surface area contributed by atoms with Crippen molar-refractivity contribution in [1.82, 2.24) is 20.0 Å². The monoisotopic (exact) mass is 758 g/mol. The Morgan fingerprint density at radius 3 is 2.29 bits per heavy atom. The van der Waals surface area contributed by atoms with Gasteiger partial charge in [-0.15, -0.1) is 13.2 Å². The van der Waals surface area contributed by atoms with Crippen LogP contribution in [0.3, 0.4) is 0 Å². The molecule has 1 amide bonds. The lowest BCUT2D eigenvalue weighted by Gasteiger charge is -2.29. The third kappa shape index (κ3) is 11.9. The van der Waals surface area contributed by atoms with Gasteiger partial charge < -0.3 is 25.4 Å². The Morgan fingerprint density at radius 1 is 0.938 bits per heavy atom. The smallest absolute Gasteiger partial charge is 0.444 e. The molecule has 48 heavy (non-hydrogen) atoms. The van der Waals surface area contributed by atoms with Crippen molar-refractivity contribution >= 4 is 54.7 Å². The van der Waals surface area contributed by atoms with Crippen molar-refractivity contribution in [3.63, 3.8) is 0 Å². The van der Waals surface area contributed by atoms with Gasteiger partial charge in [0.1, 0.15) is 16.3 Å². The lowest BCUT2D eigenvalue weighted by molar-refractivity contribution is -0.275. The Morgan fingerprint density at radius 2 is 1.60 bits per heavy atom. The number of hydrogen-bond acceptors (Lipinski definition) is 9. The fraction of sp³-hybridized carbons (Fsp3) is 0.531. The van der Waals surface area contributed by atoms with E-state index in [2.05, 4.69) is 46.3 Å². The van der Waals surface area contributed by atoms with Gasteiger partial charge >= 0.3 is 12.5 Å². The maximum atomic E-state index is 12.9. The number of alkyl halides is 3. The third-order valence-corrected chi connectivity index (χ3v) is 9.62. The summed E-state index contributed by atoms with van der Waals surface area (Å²) in [5.74, 6) is 0.796. The molecular formula is C32H42BrF3N6O5S. The van der Waals surface area contributed by atoms with Gasteiger partial charge in [-0.1, -0.05) is 28.1 Å². The molecule has 1 aromatic heterocycles. The summed E-state index contributed by atoms with van der Waals surface area (Å²) in [5.41, 5.74) is 0.262.